The van der Waals surface area contributed by atoms with Gasteiger partial charge in [0.25, 0.3) is 0 Å². The van der Waals surface area contributed by atoms with Crippen LogP contribution in [-0.4, -0.2) is 31.0 Å². The first-order valence-electron chi connectivity index (χ1n) is 10.7. The Balaban J connectivity index is 1.52. The number of nitrogens with one attached hydrogen (secondary N) is 1. The van der Waals surface area contributed by atoms with Crippen LogP contribution in [0.4, 0.5) is 0 Å². The average Bonchev–Trinajstić information content (AvgIpc) is 3.52. The minimum absolute atomic E-state index is 0.0531. The molecule has 1 atom stereocenters. The number of methoxy groups -OCH3 is 1. The van der Waals surface area contributed by atoms with Crippen molar-refractivity contribution in [3.05, 3.63) is 96.2 Å². The molecule has 0 amide bonds. The number of aromatic nitrogens is 2. The van der Waals surface area contributed by atoms with E-state index in [1.54, 1.807) is 23.9 Å². The summed E-state index contributed by atoms with van der Waals surface area (Å²) in [6, 6.07) is 24.0. The topological polar surface area (TPSA) is 112 Å². The summed E-state index contributed by atoms with van der Waals surface area (Å²) in [4.78, 5) is 0.0531. The van der Waals surface area contributed by atoms with Gasteiger partial charge in [-0.2, -0.15) is 10.2 Å². The van der Waals surface area contributed by atoms with Crippen LogP contribution < -0.4 is 15.3 Å². The summed E-state index contributed by atoms with van der Waals surface area (Å²) in [6.45, 7) is 0. The van der Waals surface area contributed by atoms with Crippen molar-refractivity contribution in [1.82, 2.24) is 15.2 Å². The molecule has 0 aliphatic carbocycles. The predicted molar refractivity (Wildman–Crippen MR) is 130 cm³/mol. The lowest BCUT2D eigenvalue weighted by molar-refractivity contribution is 0.415. The minimum atomic E-state index is -3.77. The maximum atomic E-state index is 11.6. The Labute approximate surface area is 197 Å². The number of sulfonamides is 1. The Kier molecular flexibility index (Phi) is 5.64. The van der Waals surface area contributed by atoms with Gasteiger partial charge < -0.3 is 10.2 Å². The van der Waals surface area contributed by atoms with Crippen LogP contribution in [-0.2, 0) is 10.0 Å². The van der Waals surface area contributed by atoms with Gasteiger partial charge in [0, 0.05) is 23.7 Å². The number of hydrogen-bond donors (Lipinski definition) is 2. The second kappa shape index (κ2) is 8.77. The van der Waals surface area contributed by atoms with E-state index < -0.39 is 10.0 Å². The van der Waals surface area contributed by atoms with Crippen molar-refractivity contribution in [3.63, 3.8) is 0 Å². The zero-order valence-corrected chi connectivity index (χ0v) is 19.2. The van der Waals surface area contributed by atoms with Gasteiger partial charge in [0.2, 0.25) is 10.0 Å². The van der Waals surface area contributed by atoms with Crippen LogP contribution in [0, 0.1) is 0 Å². The molecule has 0 saturated carbocycles. The molecule has 3 aromatic carbocycles. The maximum Gasteiger partial charge on any atom is 0.238 e. The number of hydrazone groups is 1. The second-order valence-electron chi connectivity index (χ2n) is 7.96. The van der Waals surface area contributed by atoms with Gasteiger partial charge in [0.15, 0.2) is 0 Å². The second-order valence-corrected chi connectivity index (χ2v) is 9.52. The van der Waals surface area contributed by atoms with E-state index in [0.29, 0.717) is 6.42 Å². The third-order valence-corrected chi connectivity index (χ3v) is 6.70. The van der Waals surface area contributed by atoms with Gasteiger partial charge in [-0.15, -0.1) is 0 Å². The number of hydrogen-bond acceptors (Lipinski definition) is 6. The summed E-state index contributed by atoms with van der Waals surface area (Å²) in [5.74, 6) is 0.761. The van der Waals surface area contributed by atoms with E-state index in [0.717, 1.165) is 39.5 Å². The number of benzene rings is 3. The van der Waals surface area contributed by atoms with Crippen LogP contribution in [0.25, 0.3) is 16.9 Å². The number of rotatable bonds is 6. The zero-order valence-electron chi connectivity index (χ0n) is 18.4. The maximum absolute atomic E-state index is 11.6. The highest BCUT2D eigenvalue weighted by Crippen LogP contribution is 2.33. The molecule has 172 valence electrons. The fourth-order valence-corrected chi connectivity index (χ4v) is 4.48. The van der Waals surface area contributed by atoms with Crippen molar-refractivity contribution >= 4 is 15.7 Å². The van der Waals surface area contributed by atoms with Crippen LogP contribution in [0.1, 0.15) is 23.6 Å². The molecule has 34 heavy (non-hydrogen) atoms. The number of nitrogens with two attached hydrogens (primary N) is 1. The monoisotopic (exact) mass is 473 g/mol. The lowest BCUT2D eigenvalue weighted by Crippen LogP contribution is -2.12. The third kappa shape index (κ3) is 4.30. The summed E-state index contributed by atoms with van der Waals surface area (Å²) >= 11 is 0. The number of nitrogens with zero attached hydrogens (tertiary/aromatic N) is 3. The van der Waals surface area contributed by atoms with Crippen molar-refractivity contribution in [3.8, 4) is 22.7 Å². The summed E-state index contributed by atoms with van der Waals surface area (Å²) < 4.78 is 30.3. The lowest BCUT2D eigenvalue weighted by Gasteiger charge is -2.10. The Hall–Kier alpha value is -3.95. The molecule has 1 aromatic heterocycles. The first kappa shape index (κ1) is 21.9. The molecule has 3 N–H and O–H groups in total. The molecule has 5 rings (SSSR count). The van der Waals surface area contributed by atoms with Crippen molar-refractivity contribution in [2.24, 2.45) is 10.2 Å². The quantitative estimate of drug-likeness (QED) is 0.444. The smallest absolute Gasteiger partial charge is 0.238 e. The van der Waals surface area contributed by atoms with E-state index in [2.05, 4.69) is 10.5 Å². The van der Waals surface area contributed by atoms with Gasteiger partial charge in [0.1, 0.15) is 5.75 Å². The van der Waals surface area contributed by atoms with Gasteiger partial charge in [-0.05, 0) is 54.1 Å². The predicted octanol–water partition coefficient (Wildman–Crippen LogP) is 3.63. The summed E-state index contributed by atoms with van der Waals surface area (Å²) in [5, 5.41) is 14.7. The molecule has 0 bridgehead atoms. The SMILES string of the molecule is COc1ccc(-c2nn(-c3ccc(S(N)(=O)=O)cc3)cc2C2CC(c3ccccc3)=NN2)cc1. The van der Waals surface area contributed by atoms with Crippen LogP contribution in [0.2, 0.25) is 0 Å². The molecule has 2 heterocycles. The van der Waals surface area contributed by atoms with E-state index in [4.69, 9.17) is 15.0 Å². The standard InChI is InChI=1S/C25H23N5O3S/c1-33-20-11-7-18(8-12-20)25-22(24-15-23(27-28-24)17-5-3-2-4-6-17)16-30(29-25)19-9-13-21(14-10-19)34(26,31)32/h2-14,16,24,28H,15H2,1H3,(H2,26,31,32). The molecule has 0 radical (unpaired) electrons. The molecule has 0 fully saturated rings. The fourth-order valence-electron chi connectivity index (χ4n) is 3.97. The summed E-state index contributed by atoms with van der Waals surface area (Å²) in [7, 11) is -2.14. The molecular formula is C25H23N5O3S. The van der Waals surface area contributed by atoms with E-state index in [1.807, 2.05) is 60.8 Å². The Morgan fingerprint density at radius 3 is 2.32 bits per heavy atom. The van der Waals surface area contributed by atoms with E-state index >= 15 is 0 Å². The van der Waals surface area contributed by atoms with Crippen LogP contribution in [0.15, 0.2) is 95.1 Å². The lowest BCUT2D eigenvalue weighted by atomic mass is 9.97. The highest BCUT2D eigenvalue weighted by molar-refractivity contribution is 7.89. The number of ether oxygens (including phenoxy) is 1. The van der Waals surface area contributed by atoms with Crippen LogP contribution >= 0.6 is 0 Å². The van der Waals surface area contributed by atoms with Crippen molar-refractivity contribution < 1.29 is 13.2 Å². The van der Waals surface area contributed by atoms with Gasteiger partial charge in [-0.3, -0.25) is 0 Å². The normalized spacial score (nSPS) is 15.6. The minimum Gasteiger partial charge on any atom is -0.497 e. The molecular weight excluding hydrogens is 450 g/mol. The average molecular weight is 474 g/mol. The molecule has 4 aromatic rings. The third-order valence-electron chi connectivity index (χ3n) is 5.77. The van der Waals surface area contributed by atoms with Gasteiger partial charge in [-0.1, -0.05) is 30.3 Å². The highest BCUT2D eigenvalue weighted by atomic mass is 32.2. The molecule has 1 aliphatic rings. The van der Waals surface area contributed by atoms with Crippen molar-refractivity contribution in [1.29, 1.82) is 0 Å². The van der Waals surface area contributed by atoms with Crippen LogP contribution in [0.3, 0.4) is 0 Å². The molecule has 9 heteroatoms. The summed E-state index contributed by atoms with van der Waals surface area (Å²) in [5.41, 5.74) is 8.76. The summed E-state index contributed by atoms with van der Waals surface area (Å²) in [6.07, 6.45) is 2.66. The van der Waals surface area contributed by atoms with E-state index in [9.17, 15) is 8.42 Å². The van der Waals surface area contributed by atoms with Crippen molar-refractivity contribution in [2.75, 3.05) is 7.11 Å². The largest absolute Gasteiger partial charge is 0.497 e. The van der Waals surface area contributed by atoms with Gasteiger partial charge in [0.05, 0.1) is 35.1 Å². The Morgan fingerprint density at radius 1 is 0.971 bits per heavy atom. The molecule has 8 nitrogen and oxygen atoms in total. The fraction of sp³-hybridized carbons (Fsp3) is 0.120. The van der Waals surface area contributed by atoms with Crippen LogP contribution in [0.5, 0.6) is 5.75 Å². The Bertz CT molecular complexity index is 1440. The molecule has 1 unspecified atom stereocenters. The van der Waals surface area contributed by atoms with Gasteiger partial charge in [-0.25, -0.2) is 18.2 Å². The Morgan fingerprint density at radius 2 is 1.68 bits per heavy atom. The van der Waals surface area contributed by atoms with Crippen molar-refractivity contribution in [2.45, 2.75) is 17.4 Å². The van der Waals surface area contributed by atoms with Gasteiger partial charge >= 0.3 is 0 Å². The molecule has 0 saturated heterocycles. The molecule has 0 spiro atoms. The number of primary sulfonamides is 1. The first-order valence-corrected chi connectivity index (χ1v) is 12.2. The first-order chi connectivity index (χ1) is 16.4. The molecule has 1 aliphatic heterocycles. The van der Waals surface area contributed by atoms with E-state index in [-0.39, 0.29) is 10.9 Å². The zero-order chi connectivity index (χ0) is 23.7. The highest BCUT2D eigenvalue weighted by Gasteiger charge is 2.26. The van der Waals surface area contributed by atoms with E-state index in [1.165, 1.54) is 12.1 Å².